The number of carbonyl (C=O) groups is 2. The first-order valence-corrected chi connectivity index (χ1v) is 8.65. The molecule has 24 heavy (non-hydrogen) atoms. The van der Waals surface area contributed by atoms with E-state index >= 15 is 0 Å². The molecule has 0 spiro atoms. The molecule has 5 heteroatoms. The van der Waals surface area contributed by atoms with Crippen LogP contribution in [0.1, 0.15) is 41.0 Å². The molecule has 1 aliphatic heterocycles. The summed E-state index contributed by atoms with van der Waals surface area (Å²) >= 11 is 0. The number of carboxylic acids is 1. The van der Waals surface area contributed by atoms with Crippen molar-refractivity contribution < 1.29 is 14.7 Å². The van der Waals surface area contributed by atoms with Gasteiger partial charge >= 0.3 is 5.97 Å². The highest BCUT2D eigenvalue weighted by molar-refractivity contribution is 5.99. The molecule has 0 bridgehead atoms. The molecule has 2 heterocycles. The van der Waals surface area contributed by atoms with Crippen LogP contribution in [0.2, 0.25) is 0 Å². The SMILES string of the molecule is C=CCn1c(C)cc(C(=O)CN2C[C@@H]3CCC[C@@]3(C(=O)O)C2)c1C. The zero-order valence-electron chi connectivity index (χ0n) is 14.5. The molecule has 0 radical (unpaired) electrons. The van der Waals surface area contributed by atoms with Gasteiger partial charge in [-0.1, -0.05) is 12.5 Å². The molecule has 1 saturated carbocycles. The lowest BCUT2D eigenvalue weighted by molar-refractivity contribution is -0.149. The van der Waals surface area contributed by atoms with E-state index in [1.54, 1.807) is 0 Å². The lowest BCUT2D eigenvalue weighted by Gasteiger charge is -2.23. The van der Waals surface area contributed by atoms with Gasteiger partial charge in [-0.3, -0.25) is 14.5 Å². The van der Waals surface area contributed by atoms with Crippen LogP contribution in [-0.2, 0) is 11.3 Å². The number of hydrogen-bond acceptors (Lipinski definition) is 3. The number of allylic oxidation sites excluding steroid dienone is 1. The smallest absolute Gasteiger partial charge is 0.311 e. The number of nitrogens with zero attached hydrogens (tertiary/aromatic N) is 2. The maximum Gasteiger partial charge on any atom is 0.311 e. The predicted octanol–water partition coefficient (Wildman–Crippen LogP) is 2.66. The standard InChI is InChI=1S/C19H26N2O3/c1-4-8-21-13(2)9-16(14(21)3)17(22)11-20-10-15-6-5-7-19(15,12-20)18(23)24/h4,9,15H,1,5-8,10-12H2,2-3H3,(H,23,24)/t15-,19+/m0/s1. The Labute approximate surface area is 143 Å². The molecule has 1 aromatic heterocycles. The van der Waals surface area contributed by atoms with Gasteiger partial charge in [0.2, 0.25) is 0 Å². The summed E-state index contributed by atoms with van der Waals surface area (Å²) in [6.45, 7) is 9.95. The van der Waals surface area contributed by atoms with Crippen LogP contribution in [0.5, 0.6) is 0 Å². The van der Waals surface area contributed by atoms with E-state index in [1.165, 1.54) is 0 Å². The summed E-state index contributed by atoms with van der Waals surface area (Å²) < 4.78 is 2.08. The Bertz CT molecular complexity index is 691. The van der Waals surface area contributed by atoms with E-state index in [-0.39, 0.29) is 11.7 Å². The molecule has 3 rings (SSSR count). The Morgan fingerprint density at radius 1 is 1.46 bits per heavy atom. The third-order valence-corrected chi connectivity index (χ3v) is 5.92. The molecule has 0 aromatic carbocycles. The van der Waals surface area contributed by atoms with E-state index in [2.05, 4.69) is 11.1 Å². The average Bonchev–Trinajstić information content (AvgIpc) is 3.14. The predicted molar refractivity (Wildman–Crippen MR) is 92.3 cm³/mol. The molecule has 130 valence electrons. The molecule has 2 atom stereocenters. The number of aromatic nitrogens is 1. The first kappa shape index (κ1) is 17.0. The van der Waals surface area contributed by atoms with E-state index in [0.29, 0.717) is 19.6 Å². The van der Waals surface area contributed by atoms with E-state index in [9.17, 15) is 14.7 Å². The third-order valence-electron chi connectivity index (χ3n) is 5.92. The van der Waals surface area contributed by atoms with Crippen molar-refractivity contribution in [3.8, 4) is 0 Å². The van der Waals surface area contributed by atoms with Crippen LogP contribution in [0, 0.1) is 25.2 Å². The number of likely N-dealkylation sites (tertiary alicyclic amines) is 1. The minimum absolute atomic E-state index is 0.0823. The van der Waals surface area contributed by atoms with Crippen molar-refractivity contribution in [3.05, 3.63) is 35.7 Å². The molecule has 2 fully saturated rings. The van der Waals surface area contributed by atoms with Crippen LogP contribution in [0.25, 0.3) is 0 Å². The van der Waals surface area contributed by atoms with Crippen molar-refractivity contribution in [3.63, 3.8) is 0 Å². The number of carboxylic acid groups (broad SMARTS) is 1. The van der Waals surface area contributed by atoms with Gasteiger partial charge in [0.15, 0.2) is 5.78 Å². The number of rotatable bonds is 6. The molecule has 0 unspecified atom stereocenters. The van der Waals surface area contributed by atoms with Crippen LogP contribution in [0.15, 0.2) is 18.7 Å². The van der Waals surface area contributed by atoms with Gasteiger partial charge in [0.1, 0.15) is 0 Å². The van der Waals surface area contributed by atoms with Gasteiger partial charge in [-0.05, 0) is 38.7 Å². The molecule has 0 amide bonds. The van der Waals surface area contributed by atoms with Gasteiger partial charge in [-0.25, -0.2) is 0 Å². The van der Waals surface area contributed by atoms with Crippen LogP contribution in [-0.4, -0.2) is 46.0 Å². The Morgan fingerprint density at radius 2 is 2.21 bits per heavy atom. The summed E-state index contributed by atoms with van der Waals surface area (Å²) in [5.41, 5.74) is 2.14. The van der Waals surface area contributed by atoms with E-state index in [1.807, 2.05) is 30.9 Å². The number of carbonyl (C=O) groups excluding carboxylic acids is 1. The van der Waals surface area contributed by atoms with Crippen molar-refractivity contribution >= 4 is 11.8 Å². The van der Waals surface area contributed by atoms with Crippen molar-refractivity contribution in [2.24, 2.45) is 11.3 Å². The monoisotopic (exact) mass is 330 g/mol. The molecule has 1 aromatic rings. The molecule has 1 saturated heterocycles. The van der Waals surface area contributed by atoms with E-state index < -0.39 is 11.4 Å². The summed E-state index contributed by atoms with van der Waals surface area (Å²) in [6.07, 6.45) is 4.52. The minimum atomic E-state index is -0.691. The number of ketones is 1. The van der Waals surface area contributed by atoms with Crippen molar-refractivity contribution in [2.75, 3.05) is 19.6 Å². The molecule has 1 aliphatic carbocycles. The zero-order valence-corrected chi connectivity index (χ0v) is 14.5. The van der Waals surface area contributed by atoms with Crippen molar-refractivity contribution in [2.45, 2.75) is 39.7 Å². The Kier molecular flexibility index (Phi) is 4.38. The summed E-state index contributed by atoms with van der Waals surface area (Å²) in [5.74, 6) is -0.418. The first-order chi connectivity index (χ1) is 11.4. The highest BCUT2D eigenvalue weighted by Gasteiger charge is 2.54. The molecular formula is C19H26N2O3. The largest absolute Gasteiger partial charge is 0.481 e. The number of fused-ring (bicyclic) bond motifs is 1. The average molecular weight is 330 g/mol. The fourth-order valence-corrected chi connectivity index (χ4v) is 4.65. The fourth-order valence-electron chi connectivity index (χ4n) is 4.65. The molecule has 5 nitrogen and oxygen atoms in total. The van der Waals surface area contributed by atoms with Crippen LogP contribution < -0.4 is 0 Å². The third kappa shape index (κ3) is 2.61. The number of Topliss-reactive ketones (excluding diaryl/α,β-unsaturated/α-hetero) is 1. The fraction of sp³-hybridized carbons (Fsp3) is 0.579. The van der Waals surface area contributed by atoms with Crippen molar-refractivity contribution in [1.82, 2.24) is 9.47 Å². The number of aliphatic carboxylic acids is 1. The summed E-state index contributed by atoms with van der Waals surface area (Å²) in [7, 11) is 0. The second kappa shape index (κ2) is 6.20. The van der Waals surface area contributed by atoms with Crippen LogP contribution >= 0.6 is 0 Å². The van der Waals surface area contributed by atoms with E-state index in [0.717, 1.165) is 42.8 Å². The highest BCUT2D eigenvalue weighted by atomic mass is 16.4. The van der Waals surface area contributed by atoms with Crippen molar-refractivity contribution in [1.29, 1.82) is 0 Å². The maximum absolute atomic E-state index is 12.8. The summed E-state index contributed by atoms with van der Waals surface area (Å²) in [4.78, 5) is 26.6. The van der Waals surface area contributed by atoms with Crippen LogP contribution in [0.3, 0.4) is 0 Å². The quantitative estimate of drug-likeness (QED) is 0.643. The van der Waals surface area contributed by atoms with Gasteiger partial charge in [0, 0.05) is 36.6 Å². The van der Waals surface area contributed by atoms with Gasteiger partial charge in [-0.2, -0.15) is 0 Å². The highest BCUT2D eigenvalue weighted by Crippen LogP contribution is 2.48. The summed E-state index contributed by atoms with van der Waals surface area (Å²) in [5, 5.41) is 9.66. The van der Waals surface area contributed by atoms with E-state index in [4.69, 9.17) is 0 Å². The Hall–Kier alpha value is -1.88. The second-order valence-corrected chi connectivity index (χ2v) is 7.33. The lowest BCUT2D eigenvalue weighted by Crippen LogP contribution is -2.36. The van der Waals surface area contributed by atoms with Crippen LogP contribution in [0.4, 0.5) is 0 Å². The number of aryl methyl sites for hydroxylation is 1. The first-order valence-electron chi connectivity index (χ1n) is 8.65. The summed E-state index contributed by atoms with van der Waals surface area (Å²) in [6, 6.07) is 1.94. The Morgan fingerprint density at radius 3 is 2.83 bits per heavy atom. The molecular weight excluding hydrogens is 304 g/mol. The lowest BCUT2D eigenvalue weighted by atomic mass is 9.81. The van der Waals surface area contributed by atoms with Gasteiger partial charge < -0.3 is 9.67 Å². The van der Waals surface area contributed by atoms with Gasteiger partial charge in [0.25, 0.3) is 0 Å². The zero-order chi connectivity index (χ0) is 17.5. The maximum atomic E-state index is 12.8. The normalized spacial score (nSPS) is 26.5. The number of hydrogen-bond donors (Lipinski definition) is 1. The minimum Gasteiger partial charge on any atom is -0.481 e. The molecule has 2 aliphatic rings. The topological polar surface area (TPSA) is 62.5 Å². The molecule has 1 N–H and O–H groups in total. The van der Waals surface area contributed by atoms with Gasteiger partial charge in [0.05, 0.1) is 12.0 Å². The Balaban J connectivity index is 1.74. The second-order valence-electron chi connectivity index (χ2n) is 7.33. The van der Waals surface area contributed by atoms with Gasteiger partial charge in [-0.15, -0.1) is 6.58 Å².